The summed E-state index contributed by atoms with van der Waals surface area (Å²) in [5, 5.41) is 3.84. The monoisotopic (exact) mass is 237 g/mol. The topological polar surface area (TPSA) is 12.0 Å². The van der Waals surface area contributed by atoms with Crippen LogP contribution in [0, 0.1) is 17.8 Å². The molecule has 1 nitrogen and oxygen atoms in total. The van der Waals surface area contributed by atoms with Crippen LogP contribution in [0.25, 0.3) is 0 Å². The molecule has 1 heteroatoms. The minimum atomic E-state index is 0.757. The van der Waals surface area contributed by atoms with Gasteiger partial charge in [0.15, 0.2) is 0 Å². The van der Waals surface area contributed by atoms with Gasteiger partial charge in [0.2, 0.25) is 0 Å². The van der Waals surface area contributed by atoms with Gasteiger partial charge in [-0.1, -0.05) is 39.0 Å². The Morgan fingerprint density at radius 1 is 1.00 bits per heavy atom. The predicted molar refractivity (Wildman–Crippen MR) is 75.2 cm³/mol. The van der Waals surface area contributed by atoms with Crippen molar-refractivity contribution in [2.75, 3.05) is 6.54 Å². The smallest absolute Gasteiger partial charge is 0.00671 e. The molecule has 0 aliphatic heterocycles. The quantitative estimate of drug-likeness (QED) is 0.765. The van der Waals surface area contributed by atoms with Crippen LogP contribution in [-0.4, -0.2) is 12.6 Å². The fraction of sp³-hybridized carbons (Fsp3) is 1.00. The maximum absolute atomic E-state index is 3.84. The van der Waals surface area contributed by atoms with Crippen LogP contribution in [0.15, 0.2) is 0 Å². The average Bonchev–Trinajstić information content (AvgIpc) is 2.37. The molecule has 0 heterocycles. The fourth-order valence-electron chi connectivity index (χ4n) is 3.90. The summed E-state index contributed by atoms with van der Waals surface area (Å²) in [6.45, 7) is 6.13. The molecule has 0 aromatic rings. The van der Waals surface area contributed by atoms with Gasteiger partial charge in [0.05, 0.1) is 0 Å². The van der Waals surface area contributed by atoms with Crippen molar-refractivity contribution in [2.45, 2.75) is 77.7 Å². The summed E-state index contributed by atoms with van der Waals surface area (Å²) in [5.74, 6) is 2.90. The second kappa shape index (κ2) is 6.78. The molecular weight excluding hydrogens is 206 g/mol. The van der Waals surface area contributed by atoms with Gasteiger partial charge in [-0.2, -0.15) is 0 Å². The molecule has 0 saturated heterocycles. The molecule has 0 bridgehead atoms. The van der Waals surface area contributed by atoms with Gasteiger partial charge >= 0.3 is 0 Å². The highest BCUT2D eigenvalue weighted by molar-refractivity contribution is 4.78. The third-order valence-electron chi connectivity index (χ3n) is 5.13. The third-order valence-corrected chi connectivity index (χ3v) is 5.13. The van der Waals surface area contributed by atoms with E-state index >= 15 is 0 Å². The molecule has 1 N–H and O–H groups in total. The van der Waals surface area contributed by atoms with Crippen molar-refractivity contribution >= 4 is 0 Å². The highest BCUT2D eigenvalue weighted by Crippen LogP contribution is 2.29. The predicted octanol–water partition coefficient (Wildman–Crippen LogP) is 4.37. The third kappa shape index (κ3) is 4.28. The van der Waals surface area contributed by atoms with Gasteiger partial charge in [-0.3, -0.25) is 0 Å². The van der Waals surface area contributed by atoms with E-state index in [0.717, 1.165) is 23.8 Å². The molecule has 0 radical (unpaired) electrons. The second-order valence-electron chi connectivity index (χ2n) is 6.73. The molecule has 3 atom stereocenters. The first-order valence-electron chi connectivity index (χ1n) is 7.99. The highest BCUT2D eigenvalue weighted by atomic mass is 14.9. The Hall–Kier alpha value is -0.0400. The summed E-state index contributed by atoms with van der Waals surface area (Å²) >= 11 is 0. The SMILES string of the molecule is CC1CCCC(CN[C@@H](C)C2CCCCC2)C1. The summed E-state index contributed by atoms with van der Waals surface area (Å²) in [4.78, 5) is 0. The number of nitrogens with one attached hydrogen (secondary N) is 1. The first kappa shape index (κ1) is 13.4. The van der Waals surface area contributed by atoms with Crippen molar-refractivity contribution < 1.29 is 0 Å². The second-order valence-corrected chi connectivity index (χ2v) is 6.73. The van der Waals surface area contributed by atoms with Crippen molar-refractivity contribution in [3.63, 3.8) is 0 Å². The molecule has 2 aliphatic carbocycles. The zero-order valence-corrected chi connectivity index (χ0v) is 11.9. The van der Waals surface area contributed by atoms with Crippen molar-refractivity contribution in [3.05, 3.63) is 0 Å². The van der Waals surface area contributed by atoms with E-state index in [1.165, 1.54) is 64.3 Å². The van der Waals surface area contributed by atoms with Crippen LogP contribution < -0.4 is 5.32 Å². The van der Waals surface area contributed by atoms with Crippen molar-refractivity contribution in [3.8, 4) is 0 Å². The first-order valence-corrected chi connectivity index (χ1v) is 7.99. The molecule has 2 unspecified atom stereocenters. The highest BCUT2D eigenvalue weighted by Gasteiger charge is 2.22. The fourth-order valence-corrected chi connectivity index (χ4v) is 3.90. The van der Waals surface area contributed by atoms with E-state index in [-0.39, 0.29) is 0 Å². The maximum atomic E-state index is 3.84. The molecule has 0 aromatic carbocycles. The first-order chi connectivity index (χ1) is 8.25. The Labute approximate surface area is 108 Å². The van der Waals surface area contributed by atoms with Crippen LogP contribution in [0.4, 0.5) is 0 Å². The molecular formula is C16H31N. The van der Waals surface area contributed by atoms with Crippen LogP contribution in [-0.2, 0) is 0 Å². The van der Waals surface area contributed by atoms with Gasteiger partial charge in [0.1, 0.15) is 0 Å². The molecule has 0 spiro atoms. The van der Waals surface area contributed by atoms with Crippen molar-refractivity contribution in [1.29, 1.82) is 0 Å². The van der Waals surface area contributed by atoms with Crippen molar-refractivity contribution in [2.24, 2.45) is 17.8 Å². The number of hydrogen-bond acceptors (Lipinski definition) is 1. The lowest BCUT2D eigenvalue weighted by atomic mass is 9.81. The summed E-state index contributed by atoms with van der Waals surface area (Å²) < 4.78 is 0. The van der Waals surface area contributed by atoms with Crippen LogP contribution in [0.3, 0.4) is 0 Å². The minimum absolute atomic E-state index is 0.757. The summed E-state index contributed by atoms with van der Waals surface area (Å²) in [6.07, 6.45) is 13.2. The van der Waals surface area contributed by atoms with Crippen LogP contribution in [0.5, 0.6) is 0 Å². The Morgan fingerprint density at radius 3 is 2.47 bits per heavy atom. The molecule has 100 valence electrons. The van der Waals surface area contributed by atoms with Gasteiger partial charge in [-0.05, 0) is 56.9 Å². The van der Waals surface area contributed by atoms with Gasteiger partial charge in [-0.15, -0.1) is 0 Å². The van der Waals surface area contributed by atoms with E-state index in [2.05, 4.69) is 19.2 Å². The van der Waals surface area contributed by atoms with E-state index < -0.39 is 0 Å². The molecule has 17 heavy (non-hydrogen) atoms. The Morgan fingerprint density at radius 2 is 1.76 bits per heavy atom. The molecule has 0 aromatic heterocycles. The van der Waals surface area contributed by atoms with E-state index in [1.54, 1.807) is 0 Å². The Balaban J connectivity index is 1.66. The average molecular weight is 237 g/mol. The lowest BCUT2D eigenvalue weighted by Crippen LogP contribution is -2.38. The Kier molecular flexibility index (Phi) is 5.34. The van der Waals surface area contributed by atoms with E-state index in [4.69, 9.17) is 0 Å². The lowest BCUT2D eigenvalue weighted by molar-refractivity contribution is 0.236. The minimum Gasteiger partial charge on any atom is -0.314 e. The molecule has 2 saturated carbocycles. The molecule has 2 fully saturated rings. The summed E-state index contributed by atoms with van der Waals surface area (Å²) in [6, 6.07) is 0.757. The van der Waals surface area contributed by atoms with E-state index in [1.807, 2.05) is 0 Å². The van der Waals surface area contributed by atoms with Crippen LogP contribution in [0.2, 0.25) is 0 Å². The van der Waals surface area contributed by atoms with E-state index in [9.17, 15) is 0 Å². The zero-order chi connectivity index (χ0) is 12.1. The number of hydrogen-bond donors (Lipinski definition) is 1. The maximum Gasteiger partial charge on any atom is 0.00671 e. The Bertz CT molecular complexity index is 208. The zero-order valence-electron chi connectivity index (χ0n) is 11.9. The normalized spacial score (nSPS) is 33.5. The van der Waals surface area contributed by atoms with Gasteiger partial charge in [0, 0.05) is 6.04 Å². The largest absolute Gasteiger partial charge is 0.314 e. The molecule has 0 amide bonds. The summed E-state index contributed by atoms with van der Waals surface area (Å²) in [5.41, 5.74) is 0. The lowest BCUT2D eigenvalue weighted by Gasteiger charge is -2.32. The van der Waals surface area contributed by atoms with Crippen LogP contribution in [0.1, 0.15) is 71.6 Å². The number of rotatable bonds is 4. The molecule has 2 aliphatic rings. The summed E-state index contributed by atoms with van der Waals surface area (Å²) in [7, 11) is 0. The van der Waals surface area contributed by atoms with Gasteiger partial charge in [0.25, 0.3) is 0 Å². The van der Waals surface area contributed by atoms with Crippen LogP contribution >= 0.6 is 0 Å². The molecule has 2 rings (SSSR count). The van der Waals surface area contributed by atoms with Crippen molar-refractivity contribution in [1.82, 2.24) is 5.32 Å². The van der Waals surface area contributed by atoms with E-state index in [0.29, 0.717) is 0 Å². The standard InChI is InChI=1S/C16H31N/c1-13-7-6-8-15(11-13)12-17-14(2)16-9-4-3-5-10-16/h13-17H,3-12H2,1-2H3/t13?,14-,15?/m0/s1. The van der Waals surface area contributed by atoms with Gasteiger partial charge in [-0.25, -0.2) is 0 Å². The van der Waals surface area contributed by atoms with Gasteiger partial charge < -0.3 is 5.32 Å².